The highest BCUT2D eigenvalue weighted by Crippen LogP contribution is 2.31. The third-order valence-corrected chi connectivity index (χ3v) is 3.75. The number of anilines is 1. The van der Waals surface area contributed by atoms with Gasteiger partial charge < -0.3 is 5.32 Å². The van der Waals surface area contributed by atoms with E-state index in [1.54, 1.807) is 0 Å². The zero-order valence-corrected chi connectivity index (χ0v) is 15.2. The zero-order chi connectivity index (χ0) is 16.5. The third kappa shape index (κ3) is 4.02. The van der Waals surface area contributed by atoms with Crippen LogP contribution in [0.15, 0.2) is 18.3 Å². The summed E-state index contributed by atoms with van der Waals surface area (Å²) in [5.41, 5.74) is 3.78. The van der Waals surface area contributed by atoms with Gasteiger partial charge in [-0.2, -0.15) is 0 Å². The molecule has 0 unspecified atom stereocenters. The molecule has 22 heavy (non-hydrogen) atoms. The predicted molar refractivity (Wildman–Crippen MR) is 95.7 cm³/mol. The van der Waals surface area contributed by atoms with E-state index in [1.807, 2.05) is 0 Å². The Morgan fingerprint density at radius 2 is 1.82 bits per heavy atom. The van der Waals surface area contributed by atoms with Crippen LogP contribution < -0.4 is 5.32 Å². The monoisotopic (exact) mass is 301 g/mol. The molecule has 0 amide bonds. The van der Waals surface area contributed by atoms with Crippen molar-refractivity contribution in [1.29, 1.82) is 0 Å². The number of imidazole rings is 1. The minimum Gasteiger partial charge on any atom is -0.365 e. The minimum absolute atomic E-state index is 0.0282. The van der Waals surface area contributed by atoms with Crippen LogP contribution in [0.3, 0.4) is 0 Å². The molecule has 2 rings (SSSR count). The van der Waals surface area contributed by atoms with Gasteiger partial charge in [-0.15, -0.1) is 0 Å². The molecular formula is C19H31N3. The molecule has 0 radical (unpaired) electrons. The van der Waals surface area contributed by atoms with Crippen LogP contribution in [0.4, 0.5) is 5.82 Å². The van der Waals surface area contributed by atoms with E-state index in [0.717, 1.165) is 30.7 Å². The van der Waals surface area contributed by atoms with Crippen molar-refractivity contribution in [3.8, 4) is 0 Å². The lowest BCUT2D eigenvalue weighted by molar-refractivity contribution is 0.301. The molecule has 2 heterocycles. The summed E-state index contributed by atoms with van der Waals surface area (Å²) in [5, 5.41) is 3.78. The number of nitrogens with zero attached hydrogens (tertiary/aromatic N) is 2. The van der Waals surface area contributed by atoms with Gasteiger partial charge in [0.1, 0.15) is 11.5 Å². The second-order valence-electron chi connectivity index (χ2n) is 8.34. The molecule has 0 saturated heterocycles. The van der Waals surface area contributed by atoms with Gasteiger partial charge in [0.15, 0.2) is 0 Å². The lowest BCUT2D eigenvalue weighted by Gasteiger charge is -2.34. The summed E-state index contributed by atoms with van der Waals surface area (Å²) >= 11 is 0. The standard InChI is InChI=1S/C19H31N3/c1-8-9-15-17(21-19(6,7)13-18(3,4)5)22-12-14(2)10-11-16(22)20-15/h10-12,21H,8-9,13H2,1-7H3. The topological polar surface area (TPSA) is 29.3 Å². The average molecular weight is 301 g/mol. The second kappa shape index (κ2) is 5.94. The van der Waals surface area contributed by atoms with Crippen LogP contribution in [-0.2, 0) is 6.42 Å². The largest absolute Gasteiger partial charge is 0.365 e. The molecule has 3 heteroatoms. The molecule has 0 aromatic carbocycles. The quantitative estimate of drug-likeness (QED) is 0.820. The van der Waals surface area contributed by atoms with Crippen LogP contribution >= 0.6 is 0 Å². The number of nitrogens with one attached hydrogen (secondary N) is 1. The maximum atomic E-state index is 4.82. The Labute approximate surface area is 135 Å². The summed E-state index contributed by atoms with van der Waals surface area (Å²) in [6.07, 6.45) is 5.40. The van der Waals surface area contributed by atoms with E-state index in [1.165, 1.54) is 11.3 Å². The number of hydrogen-bond donors (Lipinski definition) is 1. The predicted octanol–water partition coefficient (Wildman–Crippen LogP) is 5.22. The van der Waals surface area contributed by atoms with E-state index in [4.69, 9.17) is 4.98 Å². The number of aromatic nitrogens is 2. The van der Waals surface area contributed by atoms with Gasteiger partial charge in [-0.3, -0.25) is 4.40 Å². The summed E-state index contributed by atoms with van der Waals surface area (Å²) < 4.78 is 2.21. The van der Waals surface area contributed by atoms with E-state index in [9.17, 15) is 0 Å². The van der Waals surface area contributed by atoms with E-state index in [2.05, 4.69) is 76.5 Å². The first-order valence-corrected chi connectivity index (χ1v) is 8.37. The highest BCUT2D eigenvalue weighted by atomic mass is 15.2. The van der Waals surface area contributed by atoms with Crippen molar-refractivity contribution in [2.24, 2.45) is 5.41 Å². The van der Waals surface area contributed by atoms with E-state index in [-0.39, 0.29) is 11.0 Å². The zero-order valence-electron chi connectivity index (χ0n) is 15.2. The van der Waals surface area contributed by atoms with Crippen molar-refractivity contribution in [1.82, 2.24) is 9.38 Å². The molecule has 2 aromatic heterocycles. The van der Waals surface area contributed by atoms with Crippen LogP contribution in [0, 0.1) is 12.3 Å². The summed E-state index contributed by atoms with van der Waals surface area (Å²) in [4.78, 5) is 4.82. The molecular weight excluding hydrogens is 270 g/mol. The smallest absolute Gasteiger partial charge is 0.138 e. The Bertz CT molecular complexity index is 644. The summed E-state index contributed by atoms with van der Waals surface area (Å²) in [6, 6.07) is 4.23. The van der Waals surface area contributed by atoms with Gasteiger partial charge >= 0.3 is 0 Å². The molecule has 2 aromatic rings. The first kappa shape index (κ1) is 16.9. The minimum atomic E-state index is 0.0282. The maximum absolute atomic E-state index is 4.82. The van der Waals surface area contributed by atoms with Gasteiger partial charge in [0.05, 0.1) is 5.69 Å². The molecule has 122 valence electrons. The van der Waals surface area contributed by atoms with Crippen molar-refractivity contribution >= 4 is 11.5 Å². The maximum Gasteiger partial charge on any atom is 0.138 e. The SMILES string of the molecule is CCCc1nc2ccc(C)cn2c1NC(C)(C)CC(C)(C)C. The average Bonchev–Trinajstić information content (AvgIpc) is 2.64. The molecule has 0 fully saturated rings. The van der Waals surface area contributed by atoms with E-state index in [0.29, 0.717) is 0 Å². The molecule has 3 nitrogen and oxygen atoms in total. The fraction of sp³-hybridized carbons (Fsp3) is 0.632. The van der Waals surface area contributed by atoms with Crippen LogP contribution in [-0.4, -0.2) is 14.9 Å². The van der Waals surface area contributed by atoms with Gasteiger partial charge in [0.2, 0.25) is 0 Å². The van der Waals surface area contributed by atoms with Gasteiger partial charge in [0, 0.05) is 11.7 Å². The van der Waals surface area contributed by atoms with Crippen molar-refractivity contribution in [2.75, 3.05) is 5.32 Å². The Hall–Kier alpha value is -1.51. The van der Waals surface area contributed by atoms with Gasteiger partial charge in [-0.05, 0) is 50.7 Å². The summed E-state index contributed by atoms with van der Waals surface area (Å²) in [7, 11) is 0. The summed E-state index contributed by atoms with van der Waals surface area (Å²) in [6.45, 7) is 15.8. The van der Waals surface area contributed by atoms with Crippen LogP contribution in [0.25, 0.3) is 5.65 Å². The van der Waals surface area contributed by atoms with Gasteiger partial charge in [0.25, 0.3) is 0 Å². The molecule has 0 aliphatic heterocycles. The summed E-state index contributed by atoms with van der Waals surface area (Å²) in [5.74, 6) is 1.16. The van der Waals surface area contributed by atoms with Gasteiger partial charge in [-0.1, -0.05) is 40.2 Å². The first-order valence-electron chi connectivity index (χ1n) is 8.37. The molecule has 0 spiro atoms. The molecule has 0 atom stereocenters. The lowest BCUT2D eigenvalue weighted by atomic mass is 9.82. The third-order valence-electron chi connectivity index (χ3n) is 3.75. The molecule has 0 aliphatic carbocycles. The Balaban J connectivity index is 2.43. The number of pyridine rings is 1. The number of fused-ring (bicyclic) bond motifs is 1. The van der Waals surface area contributed by atoms with E-state index >= 15 is 0 Å². The van der Waals surface area contributed by atoms with Crippen molar-refractivity contribution in [3.63, 3.8) is 0 Å². The Kier molecular flexibility index (Phi) is 4.55. The number of aryl methyl sites for hydroxylation is 2. The molecule has 1 N–H and O–H groups in total. The number of hydrogen-bond acceptors (Lipinski definition) is 2. The fourth-order valence-corrected chi connectivity index (χ4v) is 3.43. The highest BCUT2D eigenvalue weighted by Gasteiger charge is 2.27. The van der Waals surface area contributed by atoms with E-state index < -0.39 is 0 Å². The lowest BCUT2D eigenvalue weighted by Crippen LogP contribution is -2.36. The molecule has 0 saturated carbocycles. The van der Waals surface area contributed by atoms with Crippen molar-refractivity contribution < 1.29 is 0 Å². The van der Waals surface area contributed by atoms with Crippen molar-refractivity contribution in [3.05, 3.63) is 29.6 Å². The Morgan fingerprint density at radius 1 is 1.14 bits per heavy atom. The van der Waals surface area contributed by atoms with Crippen LogP contribution in [0.1, 0.15) is 65.6 Å². The normalized spacial score (nSPS) is 12.9. The number of rotatable bonds is 5. The molecule has 0 bridgehead atoms. The first-order chi connectivity index (χ1) is 10.1. The highest BCUT2D eigenvalue weighted by molar-refractivity contribution is 5.57. The fourth-order valence-electron chi connectivity index (χ4n) is 3.43. The second-order valence-corrected chi connectivity index (χ2v) is 8.34. The Morgan fingerprint density at radius 3 is 2.41 bits per heavy atom. The molecule has 0 aliphatic rings. The van der Waals surface area contributed by atoms with Crippen molar-refractivity contribution in [2.45, 2.75) is 73.3 Å². The van der Waals surface area contributed by atoms with Crippen LogP contribution in [0.5, 0.6) is 0 Å². The van der Waals surface area contributed by atoms with Gasteiger partial charge in [-0.25, -0.2) is 4.98 Å². The van der Waals surface area contributed by atoms with Crippen LogP contribution in [0.2, 0.25) is 0 Å².